The van der Waals surface area contributed by atoms with Crippen LogP contribution in [0.2, 0.25) is 0 Å². The Balaban J connectivity index is 2.42. The SMILES string of the molecule is CCOCC(C)N1CC(=O)OC(=O)C1. The van der Waals surface area contributed by atoms with Crippen molar-refractivity contribution in [2.75, 3.05) is 26.3 Å². The Morgan fingerprint density at radius 2 is 2.00 bits per heavy atom. The standard InChI is InChI=1S/C9H15NO4/c1-3-13-6-7(2)10-4-8(11)14-9(12)5-10/h7H,3-6H2,1-2H3. The highest BCUT2D eigenvalue weighted by atomic mass is 16.6. The first-order valence-electron chi connectivity index (χ1n) is 4.68. The molecule has 0 saturated carbocycles. The summed E-state index contributed by atoms with van der Waals surface area (Å²) in [6.07, 6.45) is 0. The van der Waals surface area contributed by atoms with Gasteiger partial charge in [-0.1, -0.05) is 0 Å². The number of hydrogen-bond acceptors (Lipinski definition) is 5. The number of nitrogens with zero attached hydrogens (tertiary/aromatic N) is 1. The molecule has 5 nitrogen and oxygen atoms in total. The molecule has 1 atom stereocenters. The molecule has 1 unspecified atom stereocenters. The van der Waals surface area contributed by atoms with Crippen LogP contribution in [-0.2, 0) is 19.1 Å². The molecule has 14 heavy (non-hydrogen) atoms. The highest BCUT2D eigenvalue weighted by molar-refractivity contribution is 5.90. The number of hydrogen-bond donors (Lipinski definition) is 0. The van der Waals surface area contributed by atoms with Crippen LogP contribution < -0.4 is 0 Å². The molecular formula is C9H15NO4. The average Bonchev–Trinajstić information content (AvgIpc) is 2.12. The fourth-order valence-corrected chi connectivity index (χ4v) is 1.28. The predicted molar refractivity (Wildman–Crippen MR) is 48.6 cm³/mol. The summed E-state index contributed by atoms with van der Waals surface area (Å²) >= 11 is 0. The lowest BCUT2D eigenvalue weighted by Gasteiger charge is -2.29. The molecule has 0 aliphatic carbocycles. The van der Waals surface area contributed by atoms with Crippen molar-refractivity contribution in [3.8, 4) is 0 Å². The third-order valence-corrected chi connectivity index (χ3v) is 2.08. The molecule has 0 aromatic carbocycles. The second-order valence-electron chi connectivity index (χ2n) is 3.26. The minimum atomic E-state index is -0.482. The predicted octanol–water partition coefficient (Wildman–Crippen LogP) is -0.203. The fourth-order valence-electron chi connectivity index (χ4n) is 1.28. The molecule has 0 aromatic heterocycles. The highest BCUT2D eigenvalue weighted by Crippen LogP contribution is 2.05. The van der Waals surface area contributed by atoms with E-state index in [0.29, 0.717) is 13.2 Å². The zero-order valence-corrected chi connectivity index (χ0v) is 8.49. The third kappa shape index (κ3) is 3.08. The van der Waals surface area contributed by atoms with E-state index in [1.165, 1.54) is 0 Å². The smallest absolute Gasteiger partial charge is 0.327 e. The molecule has 0 N–H and O–H groups in total. The molecule has 1 rings (SSSR count). The molecule has 1 fully saturated rings. The van der Waals surface area contributed by atoms with Crippen LogP contribution in [0, 0.1) is 0 Å². The molecule has 0 aromatic rings. The van der Waals surface area contributed by atoms with Crippen LogP contribution in [0.1, 0.15) is 13.8 Å². The van der Waals surface area contributed by atoms with Crippen LogP contribution >= 0.6 is 0 Å². The van der Waals surface area contributed by atoms with Crippen molar-refractivity contribution >= 4 is 11.9 Å². The van der Waals surface area contributed by atoms with Crippen molar-refractivity contribution in [1.82, 2.24) is 4.90 Å². The normalized spacial score (nSPS) is 20.7. The Morgan fingerprint density at radius 1 is 1.43 bits per heavy atom. The van der Waals surface area contributed by atoms with Gasteiger partial charge in [0.25, 0.3) is 0 Å². The zero-order chi connectivity index (χ0) is 10.6. The van der Waals surface area contributed by atoms with Crippen LogP contribution in [-0.4, -0.2) is 49.2 Å². The van der Waals surface area contributed by atoms with E-state index in [9.17, 15) is 9.59 Å². The van der Waals surface area contributed by atoms with Gasteiger partial charge in [0.05, 0.1) is 19.7 Å². The molecule has 0 bridgehead atoms. The summed E-state index contributed by atoms with van der Waals surface area (Å²) in [5, 5.41) is 0. The summed E-state index contributed by atoms with van der Waals surface area (Å²) in [4.78, 5) is 23.6. The third-order valence-electron chi connectivity index (χ3n) is 2.08. The van der Waals surface area contributed by atoms with Crippen LogP contribution in [0.25, 0.3) is 0 Å². The first-order chi connectivity index (χ1) is 6.63. The number of rotatable bonds is 4. The van der Waals surface area contributed by atoms with Crippen molar-refractivity contribution in [2.24, 2.45) is 0 Å². The number of ether oxygens (including phenoxy) is 2. The molecule has 0 radical (unpaired) electrons. The average molecular weight is 201 g/mol. The van der Waals surface area contributed by atoms with Gasteiger partial charge in [-0.3, -0.25) is 14.5 Å². The van der Waals surface area contributed by atoms with Gasteiger partial charge in [-0.25, -0.2) is 0 Å². The van der Waals surface area contributed by atoms with E-state index in [-0.39, 0.29) is 19.1 Å². The first kappa shape index (κ1) is 11.1. The van der Waals surface area contributed by atoms with Gasteiger partial charge in [0, 0.05) is 12.6 Å². The second-order valence-corrected chi connectivity index (χ2v) is 3.26. The number of carbonyl (C=O) groups excluding carboxylic acids is 2. The largest absolute Gasteiger partial charge is 0.391 e. The van der Waals surface area contributed by atoms with Crippen LogP contribution in [0.3, 0.4) is 0 Å². The van der Waals surface area contributed by atoms with E-state index in [0.717, 1.165) is 0 Å². The Kier molecular flexibility index (Phi) is 4.03. The molecule has 1 aliphatic rings. The number of cyclic esters (lactones) is 2. The van der Waals surface area contributed by atoms with Crippen molar-refractivity contribution in [1.29, 1.82) is 0 Å². The maximum atomic E-state index is 10.9. The van der Waals surface area contributed by atoms with Crippen LogP contribution in [0.4, 0.5) is 0 Å². The fraction of sp³-hybridized carbons (Fsp3) is 0.778. The summed E-state index contributed by atoms with van der Waals surface area (Å²) in [6, 6.07) is 0.0618. The summed E-state index contributed by atoms with van der Waals surface area (Å²) < 4.78 is 9.62. The molecular weight excluding hydrogens is 186 g/mol. The molecule has 0 amide bonds. The van der Waals surface area contributed by atoms with Crippen molar-refractivity contribution in [2.45, 2.75) is 19.9 Å². The van der Waals surface area contributed by atoms with Gasteiger partial charge in [-0.15, -0.1) is 0 Å². The topological polar surface area (TPSA) is 55.8 Å². The minimum absolute atomic E-state index is 0.0618. The van der Waals surface area contributed by atoms with Gasteiger partial charge >= 0.3 is 11.9 Å². The molecule has 1 heterocycles. The van der Waals surface area contributed by atoms with Crippen LogP contribution in [0.5, 0.6) is 0 Å². The van der Waals surface area contributed by atoms with Crippen molar-refractivity contribution in [3.05, 3.63) is 0 Å². The van der Waals surface area contributed by atoms with E-state index in [2.05, 4.69) is 4.74 Å². The van der Waals surface area contributed by atoms with Gasteiger partial charge in [-0.05, 0) is 13.8 Å². The highest BCUT2D eigenvalue weighted by Gasteiger charge is 2.27. The van der Waals surface area contributed by atoms with E-state index >= 15 is 0 Å². The maximum absolute atomic E-state index is 10.9. The van der Waals surface area contributed by atoms with Gasteiger partial charge in [0.1, 0.15) is 0 Å². The van der Waals surface area contributed by atoms with E-state index in [4.69, 9.17) is 4.74 Å². The zero-order valence-electron chi connectivity index (χ0n) is 8.49. The summed E-state index contributed by atoms with van der Waals surface area (Å²) in [6.45, 7) is 5.32. The summed E-state index contributed by atoms with van der Waals surface area (Å²) in [5.41, 5.74) is 0. The molecule has 1 aliphatic heterocycles. The van der Waals surface area contributed by atoms with Gasteiger partial charge < -0.3 is 9.47 Å². The monoisotopic (exact) mass is 201 g/mol. The Hall–Kier alpha value is -0.940. The maximum Gasteiger partial charge on any atom is 0.327 e. The Morgan fingerprint density at radius 3 is 2.50 bits per heavy atom. The van der Waals surface area contributed by atoms with E-state index < -0.39 is 11.9 Å². The van der Waals surface area contributed by atoms with Crippen molar-refractivity contribution in [3.63, 3.8) is 0 Å². The Labute approximate surface area is 83.0 Å². The summed E-state index contributed by atoms with van der Waals surface area (Å²) in [5.74, 6) is -0.964. The molecule has 0 spiro atoms. The lowest BCUT2D eigenvalue weighted by Crippen LogP contribution is -2.48. The van der Waals surface area contributed by atoms with Crippen LogP contribution in [0.15, 0.2) is 0 Å². The van der Waals surface area contributed by atoms with Gasteiger partial charge in [-0.2, -0.15) is 0 Å². The van der Waals surface area contributed by atoms with Gasteiger partial charge in [0.15, 0.2) is 0 Å². The lowest BCUT2D eigenvalue weighted by atomic mass is 10.2. The Bertz CT molecular complexity index is 213. The first-order valence-corrected chi connectivity index (χ1v) is 4.68. The number of morpholine rings is 1. The van der Waals surface area contributed by atoms with Gasteiger partial charge in [0.2, 0.25) is 0 Å². The van der Waals surface area contributed by atoms with E-state index in [1.54, 1.807) is 4.90 Å². The molecule has 5 heteroatoms. The molecule has 80 valence electrons. The minimum Gasteiger partial charge on any atom is -0.391 e. The second kappa shape index (κ2) is 5.07. The summed E-state index contributed by atoms with van der Waals surface area (Å²) in [7, 11) is 0. The van der Waals surface area contributed by atoms with Crippen molar-refractivity contribution < 1.29 is 19.1 Å². The number of carbonyl (C=O) groups is 2. The quantitative estimate of drug-likeness (QED) is 0.465. The lowest BCUT2D eigenvalue weighted by molar-refractivity contribution is -0.168. The van der Waals surface area contributed by atoms with E-state index in [1.807, 2.05) is 13.8 Å². The molecule has 1 saturated heterocycles. The number of esters is 2.